The highest BCUT2D eigenvalue weighted by atomic mass is 35.5. The summed E-state index contributed by atoms with van der Waals surface area (Å²) in [7, 11) is -3.14. The van der Waals surface area contributed by atoms with Crippen LogP contribution in [0, 0.1) is 0 Å². The number of hydrogen-bond donors (Lipinski definition) is 0. The lowest BCUT2D eigenvalue weighted by Crippen LogP contribution is -2.43. The van der Waals surface area contributed by atoms with E-state index in [1.807, 2.05) is 6.92 Å². The largest absolute Gasteiger partial charge is 0.339 e. The van der Waals surface area contributed by atoms with Gasteiger partial charge < -0.3 is 4.90 Å². The van der Waals surface area contributed by atoms with Crippen molar-refractivity contribution < 1.29 is 13.2 Å². The molecule has 0 heterocycles. The number of carbonyl (C=O) groups is 1. The Kier molecular flexibility index (Phi) is 7.16. The van der Waals surface area contributed by atoms with Gasteiger partial charge in [0, 0.05) is 28.4 Å². The van der Waals surface area contributed by atoms with Crippen LogP contribution in [-0.4, -0.2) is 43.3 Å². The van der Waals surface area contributed by atoms with E-state index < -0.39 is 9.84 Å². The Morgan fingerprint density at radius 3 is 2.23 bits per heavy atom. The van der Waals surface area contributed by atoms with Crippen LogP contribution in [0.2, 0.25) is 10.0 Å². The molecule has 0 N–H and O–H groups in total. The van der Waals surface area contributed by atoms with Crippen molar-refractivity contribution >= 4 is 38.9 Å². The topological polar surface area (TPSA) is 54.5 Å². The SMILES string of the molecule is CCN(C(=O)Cc1c(Cl)cccc1Cl)C(C)CS(=O)(=O)CC. The third kappa shape index (κ3) is 5.14. The highest BCUT2D eigenvalue weighted by Crippen LogP contribution is 2.25. The van der Waals surface area contributed by atoms with E-state index >= 15 is 0 Å². The lowest BCUT2D eigenvalue weighted by Gasteiger charge is -2.28. The molecule has 0 aliphatic carbocycles. The number of likely N-dealkylation sites (N-methyl/N-ethyl adjacent to an activating group) is 1. The van der Waals surface area contributed by atoms with Gasteiger partial charge in [0.05, 0.1) is 12.2 Å². The third-order valence-corrected chi connectivity index (χ3v) is 6.10. The standard InChI is InChI=1S/C15H21Cl2NO3S/c1-4-18(11(3)10-22(20,21)5-2)15(19)9-12-13(16)7-6-8-14(12)17/h6-8,11H,4-5,9-10H2,1-3H3. The Balaban J connectivity index is 2.89. The van der Waals surface area contributed by atoms with Crippen molar-refractivity contribution in [2.24, 2.45) is 0 Å². The van der Waals surface area contributed by atoms with Gasteiger partial charge in [-0.05, 0) is 31.5 Å². The molecular weight excluding hydrogens is 345 g/mol. The molecule has 124 valence electrons. The zero-order valence-electron chi connectivity index (χ0n) is 13.0. The smallest absolute Gasteiger partial charge is 0.227 e. The van der Waals surface area contributed by atoms with E-state index in [1.54, 1.807) is 36.9 Å². The molecule has 0 aliphatic rings. The first-order valence-corrected chi connectivity index (χ1v) is 9.72. The van der Waals surface area contributed by atoms with Crippen molar-refractivity contribution in [2.75, 3.05) is 18.1 Å². The summed E-state index contributed by atoms with van der Waals surface area (Å²) in [5, 5.41) is 0.872. The molecular formula is C15H21Cl2NO3S. The Morgan fingerprint density at radius 1 is 1.23 bits per heavy atom. The van der Waals surface area contributed by atoms with E-state index in [1.165, 1.54) is 0 Å². The molecule has 0 spiro atoms. The number of carbonyl (C=O) groups excluding carboxylic acids is 1. The number of benzene rings is 1. The molecule has 7 heteroatoms. The maximum Gasteiger partial charge on any atom is 0.227 e. The Hall–Kier alpha value is -0.780. The van der Waals surface area contributed by atoms with Gasteiger partial charge in [0.25, 0.3) is 0 Å². The molecule has 1 rings (SSSR count). The summed E-state index contributed by atoms with van der Waals surface area (Å²) in [5.41, 5.74) is 0.569. The van der Waals surface area contributed by atoms with Gasteiger partial charge in [-0.25, -0.2) is 8.42 Å². The summed E-state index contributed by atoms with van der Waals surface area (Å²) < 4.78 is 23.5. The molecule has 1 aromatic carbocycles. The van der Waals surface area contributed by atoms with Gasteiger partial charge in [-0.3, -0.25) is 4.79 Å². The molecule has 0 aliphatic heterocycles. The van der Waals surface area contributed by atoms with E-state index in [2.05, 4.69) is 0 Å². The van der Waals surface area contributed by atoms with E-state index in [0.717, 1.165) is 0 Å². The summed E-state index contributed by atoms with van der Waals surface area (Å²) in [6, 6.07) is 4.69. The molecule has 1 aromatic rings. The summed E-state index contributed by atoms with van der Waals surface area (Å²) in [6.45, 7) is 5.59. The first kappa shape index (κ1) is 19.3. The maximum absolute atomic E-state index is 12.5. The average molecular weight is 366 g/mol. The normalized spacial score (nSPS) is 13.0. The van der Waals surface area contributed by atoms with Gasteiger partial charge in [-0.15, -0.1) is 0 Å². The Labute approximate surface area is 142 Å². The molecule has 4 nitrogen and oxygen atoms in total. The molecule has 0 saturated carbocycles. The Bertz CT molecular complexity index is 611. The first-order chi connectivity index (χ1) is 10.2. The van der Waals surface area contributed by atoms with Crippen LogP contribution in [0.1, 0.15) is 26.3 Å². The lowest BCUT2D eigenvalue weighted by atomic mass is 10.1. The summed E-state index contributed by atoms with van der Waals surface area (Å²) >= 11 is 12.2. The fraction of sp³-hybridized carbons (Fsp3) is 0.533. The highest BCUT2D eigenvalue weighted by molar-refractivity contribution is 7.91. The van der Waals surface area contributed by atoms with Crippen molar-refractivity contribution in [1.29, 1.82) is 0 Å². The highest BCUT2D eigenvalue weighted by Gasteiger charge is 2.24. The number of sulfone groups is 1. The minimum Gasteiger partial charge on any atom is -0.339 e. The molecule has 0 radical (unpaired) electrons. The predicted octanol–water partition coefficient (Wildman–Crippen LogP) is 3.21. The van der Waals surface area contributed by atoms with Gasteiger partial charge in [0.1, 0.15) is 0 Å². The monoisotopic (exact) mass is 365 g/mol. The quantitative estimate of drug-likeness (QED) is 0.745. The van der Waals surface area contributed by atoms with E-state index in [-0.39, 0.29) is 29.9 Å². The number of halogens is 2. The summed E-state index contributed by atoms with van der Waals surface area (Å²) in [6.07, 6.45) is 0.0584. The molecule has 1 unspecified atom stereocenters. The van der Waals surface area contributed by atoms with Crippen LogP contribution in [0.15, 0.2) is 18.2 Å². The van der Waals surface area contributed by atoms with Crippen LogP contribution in [0.3, 0.4) is 0 Å². The van der Waals surface area contributed by atoms with Crippen LogP contribution in [0.4, 0.5) is 0 Å². The predicted molar refractivity (Wildman–Crippen MR) is 91.3 cm³/mol. The molecule has 0 bridgehead atoms. The molecule has 22 heavy (non-hydrogen) atoms. The zero-order valence-corrected chi connectivity index (χ0v) is 15.3. The van der Waals surface area contributed by atoms with Gasteiger partial charge in [-0.1, -0.05) is 36.2 Å². The third-order valence-electron chi connectivity index (χ3n) is 3.52. The van der Waals surface area contributed by atoms with Gasteiger partial charge in [-0.2, -0.15) is 0 Å². The van der Waals surface area contributed by atoms with E-state index in [9.17, 15) is 13.2 Å². The number of rotatable bonds is 7. The van der Waals surface area contributed by atoms with Gasteiger partial charge in [0.15, 0.2) is 9.84 Å². The lowest BCUT2D eigenvalue weighted by molar-refractivity contribution is -0.131. The number of nitrogens with zero attached hydrogens (tertiary/aromatic N) is 1. The van der Waals surface area contributed by atoms with Crippen molar-refractivity contribution in [2.45, 2.75) is 33.2 Å². The molecule has 1 atom stereocenters. The molecule has 0 saturated heterocycles. The van der Waals surface area contributed by atoms with E-state index in [4.69, 9.17) is 23.2 Å². The maximum atomic E-state index is 12.5. The number of amides is 1. The van der Waals surface area contributed by atoms with Crippen molar-refractivity contribution in [3.63, 3.8) is 0 Å². The van der Waals surface area contributed by atoms with Crippen LogP contribution >= 0.6 is 23.2 Å². The fourth-order valence-corrected chi connectivity index (χ4v) is 3.94. The fourth-order valence-electron chi connectivity index (χ4n) is 2.26. The Morgan fingerprint density at radius 2 is 1.77 bits per heavy atom. The van der Waals surface area contributed by atoms with E-state index in [0.29, 0.717) is 22.2 Å². The van der Waals surface area contributed by atoms with Crippen LogP contribution in [-0.2, 0) is 21.1 Å². The second-order valence-corrected chi connectivity index (χ2v) is 8.32. The molecule has 0 aromatic heterocycles. The van der Waals surface area contributed by atoms with Crippen molar-refractivity contribution in [3.05, 3.63) is 33.8 Å². The van der Waals surface area contributed by atoms with Crippen LogP contribution < -0.4 is 0 Å². The van der Waals surface area contributed by atoms with Gasteiger partial charge in [0.2, 0.25) is 5.91 Å². The molecule has 0 fully saturated rings. The van der Waals surface area contributed by atoms with Crippen molar-refractivity contribution in [1.82, 2.24) is 4.90 Å². The average Bonchev–Trinajstić information content (AvgIpc) is 2.43. The molecule has 1 amide bonds. The summed E-state index contributed by atoms with van der Waals surface area (Å²) in [5.74, 6) is -0.157. The van der Waals surface area contributed by atoms with Crippen LogP contribution in [0.5, 0.6) is 0 Å². The van der Waals surface area contributed by atoms with Crippen LogP contribution in [0.25, 0.3) is 0 Å². The summed E-state index contributed by atoms with van der Waals surface area (Å²) in [4.78, 5) is 14.0. The second kappa shape index (κ2) is 8.18. The minimum absolute atomic E-state index is 0.0423. The van der Waals surface area contributed by atoms with Gasteiger partial charge >= 0.3 is 0 Å². The first-order valence-electron chi connectivity index (χ1n) is 7.14. The second-order valence-electron chi connectivity index (χ2n) is 5.10. The minimum atomic E-state index is -3.14. The zero-order chi connectivity index (χ0) is 16.9. The number of hydrogen-bond acceptors (Lipinski definition) is 3. The van der Waals surface area contributed by atoms with Crippen molar-refractivity contribution in [3.8, 4) is 0 Å².